The van der Waals surface area contributed by atoms with E-state index in [0.29, 0.717) is 0 Å². The third kappa shape index (κ3) is 2.58. The molecular weight excluding hydrogens is 186 g/mol. The van der Waals surface area contributed by atoms with Crippen molar-refractivity contribution in [3.8, 4) is 0 Å². The van der Waals surface area contributed by atoms with Gasteiger partial charge in [0.1, 0.15) is 0 Å². The number of hydrogen-bond acceptors (Lipinski definition) is 2. The fraction of sp³-hybridized carbons (Fsp3) is 0.538. The van der Waals surface area contributed by atoms with Crippen molar-refractivity contribution in [2.75, 3.05) is 20.2 Å². The zero-order valence-corrected chi connectivity index (χ0v) is 10.1. The molecule has 15 heavy (non-hydrogen) atoms. The normalized spacial score (nSPS) is 12.9. The zero-order chi connectivity index (χ0) is 11.4. The minimum Gasteiger partial charge on any atom is -0.396 e. The maximum atomic E-state index is 9.36. The van der Waals surface area contributed by atoms with Crippen molar-refractivity contribution in [3.63, 3.8) is 0 Å². The van der Waals surface area contributed by atoms with Gasteiger partial charge in [0.25, 0.3) is 0 Å². The van der Waals surface area contributed by atoms with Gasteiger partial charge in [0, 0.05) is 12.5 Å². The SMILES string of the molecule is CNCC(CO)c1ccc(C)c(C)c1C. The molecule has 2 heteroatoms. The van der Waals surface area contributed by atoms with E-state index in [-0.39, 0.29) is 12.5 Å². The van der Waals surface area contributed by atoms with Crippen LogP contribution in [0, 0.1) is 20.8 Å². The van der Waals surface area contributed by atoms with Crippen LogP contribution in [0.25, 0.3) is 0 Å². The van der Waals surface area contributed by atoms with E-state index >= 15 is 0 Å². The average molecular weight is 207 g/mol. The van der Waals surface area contributed by atoms with Crippen LogP contribution in [-0.2, 0) is 0 Å². The first-order valence-corrected chi connectivity index (χ1v) is 5.44. The van der Waals surface area contributed by atoms with Crippen molar-refractivity contribution in [1.82, 2.24) is 5.32 Å². The van der Waals surface area contributed by atoms with E-state index in [4.69, 9.17) is 0 Å². The molecule has 1 aromatic rings. The van der Waals surface area contributed by atoms with Gasteiger partial charge in [-0.3, -0.25) is 0 Å². The number of aliphatic hydroxyl groups is 1. The van der Waals surface area contributed by atoms with E-state index in [1.807, 2.05) is 7.05 Å². The van der Waals surface area contributed by atoms with Gasteiger partial charge in [-0.2, -0.15) is 0 Å². The van der Waals surface area contributed by atoms with Crippen LogP contribution in [0.15, 0.2) is 12.1 Å². The van der Waals surface area contributed by atoms with Gasteiger partial charge in [0.05, 0.1) is 6.61 Å². The maximum absolute atomic E-state index is 9.36. The third-order valence-electron chi connectivity index (χ3n) is 3.21. The number of benzene rings is 1. The highest BCUT2D eigenvalue weighted by molar-refractivity contribution is 5.40. The molecule has 0 fully saturated rings. The predicted octanol–water partition coefficient (Wildman–Crippen LogP) is 1.91. The molecule has 84 valence electrons. The molecule has 2 nitrogen and oxygen atoms in total. The summed E-state index contributed by atoms with van der Waals surface area (Å²) in [4.78, 5) is 0. The maximum Gasteiger partial charge on any atom is 0.0512 e. The van der Waals surface area contributed by atoms with E-state index in [2.05, 4.69) is 38.2 Å². The van der Waals surface area contributed by atoms with Crippen LogP contribution in [-0.4, -0.2) is 25.3 Å². The summed E-state index contributed by atoms with van der Waals surface area (Å²) in [6.07, 6.45) is 0. The number of aryl methyl sites for hydroxylation is 1. The predicted molar refractivity (Wildman–Crippen MR) is 64.4 cm³/mol. The Kier molecular flexibility index (Phi) is 4.30. The first-order valence-electron chi connectivity index (χ1n) is 5.44. The lowest BCUT2D eigenvalue weighted by Crippen LogP contribution is -2.21. The van der Waals surface area contributed by atoms with Gasteiger partial charge >= 0.3 is 0 Å². The van der Waals surface area contributed by atoms with Crippen molar-refractivity contribution in [1.29, 1.82) is 0 Å². The topological polar surface area (TPSA) is 32.3 Å². The summed E-state index contributed by atoms with van der Waals surface area (Å²) >= 11 is 0. The van der Waals surface area contributed by atoms with Crippen LogP contribution in [0.4, 0.5) is 0 Å². The standard InChI is InChI=1S/C13H21NO/c1-9-5-6-13(11(3)10(9)2)12(8-15)7-14-4/h5-6,12,14-15H,7-8H2,1-4H3. The average Bonchev–Trinajstić information content (AvgIpc) is 2.24. The van der Waals surface area contributed by atoms with Crippen molar-refractivity contribution in [2.45, 2.75) is 26.7 Å². The molecule has 0 saturated carbocycles. The van der Waals surface area contributed by atoms with Crippen LogP contribution in [0.2, 0.25) is 0 Å². The van der Waals surface area contributed by atoms with Gasteiger partial charge in [-0.15, -0.1) is 0 Å². The second-order valence-corrected chi connectivity index (χ2v) is 4.16. The number of nitrogens with one attached hydrogen (secondary N) is 1. The van der Waals surface area contributed by atoms with E-state index in [9.17, 15) is 5.11 Å². The lowest BCUT2D eigenvalue weighted by atomic mass is 9.90. The van der Waals surface area contributed by atoms with Crippen molar-refractivity contribution >= 4 is 0 Å². The highest BCUT2D eigenvalue weighted by Crippen LogP contribution is 2.23. The van der Waals surface area contributed by atoms with Crippen LogP contribution in [0.5, 0.6) is 0 Å². The van der Waals surface area contributed by atoms with Crippen molar-refractivity contribution < 1.29 is 5.11 Å². The number of aliphatic hydroxyl groups excluding tert-OH is 1. The minimum atomic E-state index is 0.199. The largest absolute Gasteiger partial charge is 0.396 e. The van der Waals surface area contributed by atoms with Gasteiger partial charge < -0.3 is 10.4 Å². The monoisotopic (exact) mass is 207 g/mol. The molecule has 0 aromatic heterocycles. The van der Waals surface area contributed by atoms with Crippen LogP contribution in [0.1, 0.15) is 28.2 Å². The molecule has 0 radical (unpaired) electrons. The highest BCUT2D eigenvalue weighted by atomic mass is 16.3. The first-order chi connectivity index (χ1) is 7.11. The summed E-state index contributed by atoms with van der Waals surface area (Å²) in [7, 11) is 1.92. The quantitative estimate of drug-likeness (QED) is 0.790. The third-order valence-corrected chi connectivity index (χ3v) is 3.21. The molecule has 1 atom stereocenters. The van der Waals surface area contributed by atoms with Gasteiger partial charge in [0.15, 0.2) is 0 Å². The summed E-state index contributed by atoms with van der Waals surface area (Å²) < 4.78 is 0. The smallest absolute Gasteiger partial charge is 0.0512 e. The minimum absolute atomic E-state index is 0.199. The second-order valence-electron chi connectivity index (χ2n) is 4.16. The van der Waals surface area contributed by atoms with Gasteiger partial charge in [-0.25, -0.2) is 0 Å². The molecular formula is C13H21NO. The molecule has 1 rings (SSSR count). The zero-order valence-electron chi connectivity index (χ0n) is 10.1. The van der Waals surface area contributed by atoms with Gasteiger partial charge in [0.2, 0.25) is 0 Å². The highest BCUT2D eigenvalue weighted by Gasteiger charge is 2.13. The Morgan fingerprint density at radius 1 is 1.20 bits per heavy atom. The van der Waals surface area contributed by atoms with E-state index < -0.39 is 0 Å². The van der Waals surface area contributed by atoms with E-state index in [1.165, 1.54) is 22.3 Å². The molecule has 0 aliphatic heterocycles. The van der Waals surface area contributed by atoms with Crippen molar-refractivity contribution in [2.24, 2.45) is 0 Å². The van der Waals surface area contributed by atoms with Gasteiger partial charge in [-0.05, 0) is 50.1 Å². The molecule has 2 N–H and O–H groups in total. The van der Waals surface area contributed by atoms with Crippen LogP contribution >= 0.6 is 0 Å². The van der Waals surface area contributed by atoms with Crippen molar-refractivity contribution in [3.05, 3.63) is 34.4 Å². The Labute approximate surface area is 92.3 Å². The molecule has 0 amide bonds. The molecule has 0 aliphatic rings. The summed E-state index contributed by atoms with van der Waals surface area (Å²) in [5, 5.41) is 12.5. The fourth-order valence-corrected chi connectivity index (χ4v) is 1.94. The summed E-state index contributed by atoms with van der Waals surface area (Å²) in [5.41, 5.74) is 5.22. The molecule has 0 saturated heterocycles. The fourth-order valence-electron chi connectivity index (χ4n) is 1.94. The van der Waals surface area contributed by atoms with E-state index in [1.54, 1.807) is 0 Å². The lowest BCUT2D eigenvalue weighted by Gasteiger charge is -2.19. The Balaban J connectivity index is 3.07. The van der Waals surface area contributed by atoms with Gasteiger partial charge in [-0.1, -0.05) is 12.1 Å². The number of rotatable bonds is 4. The molecule has 1 aromatic carbocycles. The summed E-state index contributed by atoms with van der Waals surface area (Å²) in [5.74, 6) is 0.203. The second kappa shape index (κ2) is 5.29. The molecule has 0 aliphatic carbocycles. The van der Waals surface area contributed by atoms with E-state index in [0.717, 1.165) is 6.54 Å². The Morgan fingerprint density at radius 2 is 1.87 bits per heavy atom. The van der Waals surface area contributed by atoms with Crippen LogP contribution < -0.4 is 5.32 Å². The molecule has 0 bridgehead atoms. The van der Waals surface area contributed by atoms with Crippen LogP contribution in [0.3, 0.4) is 0 Å². The molecule has 1 unspecified atom stereocenters. The molecule has 0 spiro atoms. The number of likely N-dealkylation sites (N-methyl/N-ethyl adjacent to an activating group) is 1. The Hall–Kier alpha value is -0.860. The Bertz CT molecular complexity index is 334. The lowest BCUT2D eigenvalue weighted by molar-refractivity contribution is 0.263. The molecule has 0 heterocycles. The summed E-state index contributed by atoms with van der Waals surface area (Å²) in [6.45, 7) is 7.42. The Morgan fingerprint density at radius 3 is 2.40 bits per heavy atom. The number of hydrogen-bond donors (Lipinski definition) is 2. The first kappa shape index (κ1) is 12.2. The summed E-state index contributed by atoms with van der Waals surface area (Å²) in [6, 6.07) is 4.27.